The third kappa shape index (κ3) is 3.87. The van der Waals surface area contributed by atoms with E-state index >= 15 is 0 Å². The Kier molecular flexibility index (Phi) is 5.57. The van der Waals surface area contributed by atoms with Crippen LogP contribution in [-0.4, -0.2) is 47.6 Å². The number of rotatable bonds is 3. The van der Waals surface area contributed by atoms with Gasteiger partial charge in [-0.3, -0.25) is 0 Å². The second-order valence-corrected chi connectivity index (χ2v) is 6.91. The third-order valence-electron chi connectivity index (χ3n) is 5.36. The van der Waals surface area contributed by atoms with E-state index in [1.165, 1.54) is 69.7 Å². The van der Waals surface area contributed by atoms with Crippen molar-refractivity contribution in [1.82, 2.24) is 20.2 Å². The molecule has 5 heteroatoms. The standard InChI is InChI=1S/C18H26N4.ClH/c1-2-4-17-16(3-1)20-18(21-17)15-7-11-22(12-8-15)13-14-5-9-19-10-6-14;/h1-4,14-15,19H,5-13H2,(H,20,21);1H. The molecule has 2 aliphatic rings. The van der Waals surface area contributed by atoms with E-state index in [-0.39, 0.29) is 12.4 Å². The summed E-state index contributed by atoms with van der Waals surface area (Å²) in [6.07, 6.45) is 5.18. The van der Waals surface area contributed by atoms with Crippen molar-refractivity contribution in [1.29, 1.82) is 0 Å². The molecular weight excluding hydrogens is 308 g/mol. The van der Waals surface area contributed by atoms with Crippen LogP contribution in [0.4, 0.5) is 0 Å². The highest BCUT2D eigenvalue weighted by Gasteiger charge is 2.25. The van der Waals surface area contributed by atoms with Crippen LogP contribution in [-0.2, 0) is 0 Å². The summed E-state index contributed by atoms with van der Waals surface area (Å²) in [7, 11) is 0. The third-order valence-corrected chi connectivity index (χ3v) is 5.36. The molecular formula is C18H27ClN4. The summed E-state index contributed by atoms with van der Waals surface area (Å²) < 4.78 is 0. The summed E-state index contributed by atoms with van der Waals surface area (Å²) in [5.41, 5.74) is 2.28. The number of hydrogen-bond acceptors (Lipinski definition) is 3. The maximum absolute atomic E-state index is 4.79. The van der Waals surface area contributed by atoms with E-state index in [1.54, 1.807) is 0 Å². The predicted octanol–water partition coefficient (Wildman–Crippen LogP) is 3.16. The summed E-state index contributed by atoms with van der Waals surface area (Å²) in [6.45, 7) is 6.17. The van der Waals surface area contributed by atoms with Gasteiger partial charge in [-0.15, -0.1) is 12.4 Å². The molecule has 0 unspecified atom stereocenters. The number of benzene rings is 1. The van der Waals surface area contributed by atoms with Crippen LogP contribution >= 0.6 is 12.4 Å². The Bertz CT molecular complexity index is 579. The molecule has 0 bridgehead atoms. The zero-order valence-electron chi connectivity index (χ0n) is 13.6. The summed E-state index contributed by atoms with van der Waals surface area (Å²) >= 11 is 0. The summed E-state index contributed by atoms with van der Waals surface area (Å²) in [5.74, 6) is 2.71. The lowest BCUT2D eigenvalue weighted by Gasteiger charge is -2.34. The molecule has 2 N–H and O–H groups in total. The monoisotopic (exact) mass is 334 g/mol. The van der Waals surface area contributed by atoms with Crippen molar-refractivity contribution in [3.63, 3.8) is 0 Å². The predicted molar refractivity (Wildman–Crippen MR) is 97.4 cm³/mol. The Balaban J connectivity index is 0.00000156. The van der Waals surface area contributed by atoms with Crippen molar-refractivity contribution >= 4 is 23.4 Å². The van der Waals surface area contributed by atoms with E-state index in [0.29, 0.717) is 5.92 Å². The van der Waals surface area contributed by atoms with Gasteiger partial charge in [0.25, 0.3) is 0 Å². The summed E-state index contributed by atoms with van der Waals surface area (Å²) in [4.78, 5) is 11.0. The highest BCUT2D eigenvalue weighted by Crippen LogP contribution is 2.28. The van der Waals surface area contributed by atoms with Gasteiger partial charge in [-0.2, -0.15) is 0 Å². The van der Waals surface area contributed by atoms with Crippen LogP contribution in [0.25, 0.3) is 11.0 Å². The average molecular weight is 335 g/mol. The molecule has 2 aliphatic heterocycles. The molecule has 1 aromatic heterocycles. The minimum atomic E-state index is 0. The van der Waals surface area contributed by atoms with Crippen LogP contribution in [0.5, 0.6) is 0 Å². The van der Waals surface area contributed by atoms with Crippen molar-refractivity contribution in [3.8, 4) is 0 Å². The first-order valence-corrected chi connectivity index (χ1v) is 8.76. The van der Waals surface area contributed by atoms with E-state index in [2.05, 4.69) is 39.5 Å². The number of nitrogens with one attached hydrogen (secondary N) is 2. The van der Waals surface area contributed by atoms with Crippen LogP contribution in [0.2, 0.25) is 0 Å². The number of piperidine rings is 2. The van der Waals surface area contributed by atoms with Crippen LogP contribution in [0, 0.1) is 5.92 Å². The number of aromatic nitrogens is 2. The molecule has 0 amide bonds. The van der Waals surface area contributed by atoms with Gasteiger partial charge >= 0.3 is 0 Å². The molecule has 4 rings (SSSR count). The van der Waals surface area contributed by atoms with Gasteiger partial charge in [-0.05, 0) is 69.9 Å². The van der Waals surface area contributed by atoms with Gasteiger partial charge in [0.15, 0.2) is 0 Å². The Morgan fingerprint density at radius 2 is 1.78 bits per heavy atom. The van der Waals surface area contributed by atoms with Gasteiger partial charge in [0.2, 0.25) is 0 Å². The number of imidazole rings is 1. The Morgan fingerprint density at radius 3 is 2.52 bits per heavy atom. The Morgan fingerprint density at radius 1 is 1.04 bits per heavy atom. The van der Waals surface area contributed by atoms with Crippen LogP contribution in [0.15, 0.2) is 24.3 Å². The maximum atomic E-state index is 4.79. The Labute approximate surface area is 144 Å². The molecule has 0 radical (unpaired) electrons. The SMILES string of the molecule is Cl.c1ccc2[nH]c(C3CCN(CC4CCNCC4)CC3)nc2c1. The van der Waals surface area contributed by atoms with Crippen molar-refractivity contribution in [2.24, 2.45) is 5.92 Å². The molecule has 4 nitrogen and oxygen atoms in total. The smallest absolute Gasteiger partial charge is 0.110 e. The molecule has 0 saturated carbocycles. The van der Waals surface area contributed by atoms with Gasteiger partial charge in [0, 0.05) is 12.5 Å². The van der Waals surface area contributed by atoms with Gasteiger partial charge in [-0.25, -0.2) is 4.98 Å². The lowest BCUT2D eigenvalue weighted by atomic mass is 9.93. The van der Waals surface area contributed by atoms with Crippen LogP contribution in [0.1, 0.15) is 37.4 Å². The minimum Gasteiger partial charge on any atom is -0.342 e. The number of fused-ring (bicyclic) bond motifs is 1. The zero-order valence-corrected chi connectivity index (χ0v) is 14.4. The number of likely N-dealkylation sites (tertiary alicyclic amines) is 1. The quantitative estimate of drug-likeness (QED) is 0.906. The van der Waals surface area contributed by atoms with Gasteiger partial charge in [0.05, 0.1) is 11.0 Å². The number of H-pyrrole nitrogens is 1. The van der Waals surface area contributed by atoms with E-state index in [9.17, 15) is 0 Å². The lowest BCUT2D eigenvalue weighted by molar-refractivity contribution is 0.165. The van der Waals surface area contributed by atoms with Gasteiger partial charge < -0.3 is 15.2 Å². The summed E-state index contributed by atoms with van der Waals surface area (Å²) in [5, 5.41) is 3.46. The molecule has 23 heavy (non-hydrogen) atoms. The molecule has 1 aromatic carbocycles. The number of nitrogens with zero attached hydrogens (tertiary/aromatic N) is 2. The molecule has 3 heterocycles. The van der Waals surface area contributed by atoms with Crippen LogP contribution in [0.3, 0.4) is 0 Å². The van der Waals surface area contributed by atoms with Crippen molar-refractivity contribution in [2.45, 2.75) is 31.6 Å². The number of aromatic amines is 1. The minimum absolute atomic E-state index is 0. The van der Waals surface area contributed by atoms with E-state index in [4.69, 9.17) is 4.98 Å². The molecule has 2 saturated heterocycles. The zero-order chi connectivity index (χ0) is 14.8. The average Bonchev–Trinajstić information content (AvgIpc) is 3.00. The first-order valence-electron chi connectivity index (χ1n) is 8.76. The Hall–Kier alpha value is -1.10. The highest BCUT2D eigenvalue weighted by atomic mass is 35.5. The van der Waals surface area contributed by atoms with Crippen molar-refractivity contribution in [2.75, 3.05) is 32.7 Å². The van der Waals surface area contributed by atoms with Crippen molar-refractivity contribution in [3.05, 3.63) is 30.1 Å². The fourth-order valence-corrected chi connectivity index (χ4v) is 3.98. The van der Waals surface area contributed by atoms with Crippen molar-refractivity contribution < 1.29 is 0 Å². The fourth-order valence-electron chi connectivity index (χ4n) is 3.98. The topological polar surface area (TPSA) is 44.0 Å². The molecule has 0 atom stereocenters. The second-order valence-electron chi connectivity index (χ2n) is 6.91. The first-order chi connectivity index (χ1) is 10.9. The van der Waals surface area contributed by atoms with Crippen LogP contribution < -0.4 is 5.32 Å². The van der Waals surface area contributed by atoms with Gasteiger partial charge in [-0.1, -0.05) is 12.1 Å². The van der Waals surface area contributed by atoms with E-state index in [1.807, 2.05) is 0 Å². The first kappa shape index (κ1) is 16.7. The maximum Gasteiger partial charge on any atom is 0.110 e. The fraction of sp³-hybridized carbons (Fsp3) is 0.611. The number of hydrogen-bond donors (Lipinski definition) is 2. The van der Waals surface area contributed by atoms with E-state index in [0.717, 1.165) is 11.4 Å². The van der Waals surface area contributed by atoms with Gasteiger partial charge in [0.1, 0.15) is 5.82 Å². The normalized spacial score (nSPS) is 21.4. The largest absolute Gasteiger partial charge is 0.342 e. The second kappa shape index (κ2) is 7.65. The molecule has 2 fully saturated rings. The molecule has 0 aliphatic carbocycles. The molecule has 2 aromatic rings. The van der Waals surface area contributed by atoms with E-state index < -0.39 is 0 Å². The lowest BCUT2D eigenvalue weighted by Crippen LogP contribution is -2.40. The number of halogens is 1. The molecule has 126 valence electrons. The number of para-hydroxylation sites is 2. The summed E-state index contributed by atoms with van der Waals surface area (Å²) in [6, 6.07) is 8.36. The highest BCUT2D eigenvalue weighted by molar-refractivity contribution is 5.85. The molecule has 0 spiro atoms.